The third-order valence-corrected chi connectivity index (χ3v) is 1.71. The first kappa shape index (κ1) is 12.9. The van der Waals surface area contributed by atoms with Crippen molar-refractivity contribution in [3.05, 3.63) is 24.5 Å². The molecule has 0 amide bonds. The van der Waals surface area contributed by atoms with Crippen LogP contribution in [0.25, 0.3) is 0 Å². The minimum Gasteiger partial charge on any atom is -0.435 e. The molecule has 0 N–H and O–H groups in total. The first-order valence-electron chi connectivity index (χ1n) is 5.30. The number of carbonyl (C=O) groups is 1. The van der Waals surface area contributed by atoms with Gasteiger partial charge in [0.05, 0.1) is 12.7 Å². The van der Waals surface area contributed by atoms with E-state index in [1.54, 1.807) is 0 Å². The van der Waals surface area contributed by atoms with Crippen LogP contribution < -0.4 is 0 Å². The second-order valence-corrected chi connectivity index (χ2v) is 3.09. The molecule has 80 valence electrons. The summed E-state index contributed by atoms with van der Waals surface area (Å²) in [7, 11) is 0. The Morgan fingerprint density at radius 2 is 2.00 bits per heavy atom. The Kier molecular flexibility index (Phi) is 9.28. The van der Waals surface area contributed by atoms with E-state index < -0.39 is 0 Å². The molecule has 0 aromatic carbocycles. The van der Waals surface area contributed by atoms with Crippen LogP contribution in [0.1, 0.15) is 46.0 Å². The molecule has 0 atom stereocenters. The molecular formula is C12H20O2. The Morgan fingerprint density at radius 3 is 2.64 bits per heavy atom. The Balaban J connectivity index is 3.43. The minimum atomic E-state index is -0.192. The van der Waals surface area contributed by atoms with Crippen molar-refractivity contribution >= 4 is 5.97 Å². The topological polar surface area (TPSA) is 26.3 Å². The zero-order chi connectivity index (χ0) is 10.6. The number of hydrogen-bond acceptors (Lipinski definition) is 2. The lowest BCUT2D eigenvalue weighted by Crippen LogP contribution is -1.96. The summed E-state index contributed by atoms with van der Waals surface area (Å²) < 4.78 is 4.86. The number of ether oxygens (including phenoxy) is 1. The lowest BCUT2D eigenvalue weighted by Gasteiger charge is -1.94. The van der Waals surface area contributed by atoms with E-state index in [0.29, 0.717) is 6.42 Å². The smallest absolute Gasteiger partial charge is 0.314 e. The summed E-state index contributed by atoms with van der Waals surface area (Å²) in [6, 6.07) is 0. The molecule has 0 rings (SSSR count). The number of unbranched alkanes of at least 4 members (excludes halogenated alkanes) is 2. The normalized spacial score (nSPS) is 11.3. The molecule has 0 radical (unpaired) electrons. The predicted molar refractivity (Wildman–Crippen MR) is 58.8 cm³/mol. The quantitative estimate of drug-likeness (QED) is 0.269. The van der Waals surface area contributed by atoms with Crippen molar-refractivity contribution in [1.82, 2.24) is 0 Å². The molecule has 0 saturated carbocycles. The maximum atomic E-state index is 11.0. The second kappa shape index (κ2) is 10.0. The number of esters is 1. The van der Waals surface area contributed by atoms with Gasteiger partial charge in [-0.05, 0) is 25.3 Å². The van der Waals surface area contributed by atoms with E-state index in [0.717, 1.165) is 25.7 Å². The standard InChI is InChI=1S/C12H20O2/c1-3-5-7-9-11-14-12(13)10-8-6-4-2/h6,8-9,11H,3-5,7,10H2,1-2H3/b8-6-,11-9+. The summed E-state index contributed by atoms with van der Waals surface area (Å²) in [6.07, 6.45) is 11.8. The van der Waals surface area contributed by atoms with E-state index >= 15 is 0 Å². The van der Waals surface area contributed by atoms with Crippen molar-refractivity contribution in [2.75, 3.05) is 0 Å². The maximum Gasteiger partial charge on any atom is 0.314 e. The number of rotatable bonds is 7. The molecular weight excluding hydrogens is 176 g/mol. The molecule has 0 aromatic rings. The van der Waals surface area contributed by atoms with Crippen LogP contribution in [0.3, 0.4) is 0 Å². The summed E-state index contributed by atoms with van der Waals surface area (Å²) in [4.78, 5) is 11.0. The SMILES string of the molecule is CC/C=C\CC(=O)O/C=C/CCCC. The van der Waals surface area contributed by atoms with Crippen molar-refractivity contribution < 1.29 is 9.53 Å². The van der Waals surface area contributed by atoms with Gasteiger partial charge in [0.1, 0.15) is 0 Å². The van der Waals surface area contributed by atoms with Gasteiger partial charge in [-0.15, -0.1) is 0 Å². The second-order valence-electron chi connectivity index (χ2n) is 3.09. The van der Waals surface area contributed by atoms with Crippen LogP contribution >= 0.6 is 0 Å². The van der Waals surface area contributed by atoms with Crippen molar-refractivity contribution in [3.8, 4) is 0 Å². The van der Waals surface area contributed by atoms with Crippen LogP contribution in [0, 0.1) is 0 Å². The number of hydrogen-bond donors (Lipinski definition) is 0. The molecule has 0 bridgehead atoms. The first-order chi connectivity index (χ1) is 6.81. The van der Waals surface area contributed by atoms with Crippen molar-refractivity contribution in [2.45, 2.75) is 46.0 Å². The molecule has 0 saturated heterocycles. The predicted octanol–water partition coefficient (Wildman–Crippen LogP) is 3.59. The molecule has 2 heteroatoms. The average molecular weight is 196 g/mol. The Hall–Kier alpha value is -1.05. The van der Waals surface area contributed by atoms with E-state index in [2.05, 4.69) is 6.92 Å². The Bertz CT molecular complexity index is 192. The molecule has 0 fully saturated rings. The van der Waals surface area contributed by atoms with Gasteiger partial charge in [0.25, 0.3) is 0 Å². The van der Waals surface area contributed by atoms with Gasteiger partial charge in [-0.25, -0.2) is 0 Å². The number of allylic oxidation sites excluding steroid dienone is 2. The third kappa shape index (κ3) is 9.04. The van der Waals surface area contributed by atoms with Gasteiger partial charge in [0, 0.05) is 0 Å². The van der Waals surface area contributed by atoms with E-state index in [1.807, 2.05) is 25.2 Å². The fraction of sp³-hybridized carbons (Fsp3) is 0.583. The first-order valence-corrected chi connectivity index (χ1v) is 5.30. The summed E-state index contributed by atoms with van der Waals surface area (Å²) in [5.74, 6) is -0.192. The van der Waals surface area contributed by atoms with E-state index in [1.165, 1.54) is 6.26 Å². The lowest BCUT2D eigenvalue weighted by atomic mass is 10.2. The Labute approximate surface area is 86.6 Å². The van der Waals surface area contributed by atoms with Gasteiger partial charge in [0.2, 0.25) is 0 Å². The monoisotopic (exact) mass is 196 g/mol. The molecule has 0 unspecified atom stereocenters. The zero-order valence-electron chi connectivity index (χ0n) is 9.16. The molecule has 14 heavy (non-hydrogen) atoms. The van der Waals surface area contributed by atoms with Crippen molar-refractivity contribution in [1.29, 1.82) is 0 Å². The van der Waals surface area contributed by atoms with Crippen molar-refractivity contribution in [2.24, 2.45) is 0 Å². The maximum absolute atomic E-state index is 11.0. The fourth-order valence-electron chi connectivity index (χ4n) is 0.908. The highest BCUT2D eigenvalue weighted by Gasteiger charge is 1.94. The van der Waals surface area contributed by atoms with E-state index in [4.69, 9.17) is 4.74 Å². The van der Waals surface area contributed by atoms with Crippen LogP contribution in [0.15, 0.2) is 24.5 Å². The van der Waals surface area contributed by atoms with Crippen LogP contribution in [0.2, 0.25) is 0 Å². The summed E-state index contributed by atoms with van der Waals surface area (Å²) in [6.45, 7) is 4.17. The van der Waals surface area contributed by atoms with Crippen LogP contribution in [-0.2, 0) is 9.53 Å². The molecule has 0 heterocycles. The lowest BCUT2D eigenvalue weighted by molar-refractivity contribution is -0.137. The van der Waals surface area contributed by atoms with Gasteiger partial charge in [-0.2, -0.15) is 0 Å². The summed E-state index contributed by atoms with van der Waals surface area (Å²) in [5.41, 5.74) is 0. The molecule has 0 spiro atoms. The van der Waals surface area contributed by atoms with Crippen LogP contribution in [0.4, 0.5) is 0 Å². The highest BCUT2D eigenvalue weighted by molar-refractivity contribution is 5.71. The average Bonchev–Trinajstić information content (AvgIpc) is 2.18. The van der Waals surface area contributed by atoms with Gasteiger partial charge in [-0.3, -0.25) is 4.79 Å². The Morgan fingerprint density at radius 1 is 1.21 bits per heavy atom. The largest absolute Gasteiger partial charge is 0.435 e. The summed E-state index contributed by atoms with van der Waals surface area (Å²) >= 11 is 0. The van der Waals surface area contributed by atoms with Gasteiger partial charge < -0.3 is 4.74 Å². The van der Waals surface area contributed by atoms with Crippen LogP contribution in [-0.4, -0.2) is 5.97 Å². The van der Waals surface area contributed by atoms with Gasteiger partial charge in [-0.1, -0.05) is 32.4 Å². The summed E-state index contributed by atoms with van der Waals surface area (Å²) in [5, 5.41) is 0. The van der Waals surface area contributed by atoms with Crippen LogP contribution in [0.5, 0.6) is 0 Å². The van der Waals surface area contributed by atoms with E-state index in [-0.39, 0.29) is 5.97 Å². The molecule has 0 aliphatic rings. The number of carbonyl (C=O) groups excluding carboxylic acids is 1. The third-order valence-electron chi connectivity index (χ3n) is 1.71. The molecule has 0 aliphatic carbocycles. The minimum absolute atomic E-state index is 0.192. The highest BCUT2D eigenvalue weighted by atomic mass is 16.5. The van der Waals surface area contributed by atoms with Gasteiger partial charge >= 0.3 is 5.97 Å². The molecule has 0 aliphatic heterocycles. The molecule has 0 aromatic heterocycles. The van der Waals surface area contributed by atoms with Gasteiger partial charge in [0.15, 0.2) is 0 Å². The molecule has 2 nitrogen and oxygen atoms in total. The van der Waals surface area contributed by atoms with E-state index in [9.17, 15) is 4.79 Å². The fourth-order valence-corrected chi connectivity index (χ4v) is 0.908. The van der Waals surface area contributed by atoms with Crippen molar-refractivity contribution in [3.63, 3.8) is 0 Å². The zero-order valence-corrected chi connectivity index (χ0v) is 9.16. The highest BCUT2D eigenvalue weighted by Crippen LogP contribution is 1.96.